The smallest absolute Gasteiger partial charge is 0.338 e. The maximum Gasteiger partial charge on any atom is 0.338 e. The number of rotatable bonds is 8. The van der Waals surface area contributed by atoms with Gasteiger partial charge in [0, 0.05) is 29.3 Å². The molecule has 0 spiro atoms. The minimum Gasteiger partial charge on any atom is -1.00 e. The van der Waals surface area contributed by atoms with Crippen molar-refractivity contribution in [2.24, 2.45) is 0 Å². The SMILES string of the molecule is COCCOCCOC(=O)c1ccccc1-c1c2ccc(=N)c(Br)c-2oc2c(Br)c(N)ccc12.[Br-]. The number of carbonyl (C=O) groups is 1. The second-order valence-electron chi connectivity index (χ2n) is 7.41. The second-order valence-corrected chi connectivity index (χ2v) is 9.00. The van der Waals surface area contributed by atoms with Gasteiger partial charge < -0.3 is 41.3 Å². The Labute approximate surface area is 229 Å². The van der Waals surface area contributed by atoms with Crippen LogP contribution in [-0.2, 0) is 14.2 Å². The van der Waals surface area contributed by atoms with Crippen LogP contribution in [0.3, 0.4) is 0 Å². The van der Waals surface area contributed by atoms with Gasteiger partial charge in [-0.15, -0.1) is 0 Å². The molecule has 7 nitrogen and oxygen atoms in total. The number of benzene rings is 3. The van der Waals surface area contributed by atoms with E-state index in [1.54, 1.807) is 31.4 Å². The third-order valence-electron chi connectivity index (χ3n) is 5.28. The van der Waals surface area contributed by atoms with Gasteiger partial charge >= 0.3 is 5.97 Å². The molecule has 1 heterocycles. The fourth-order valence-corrected chi connectivity index (χ4v) is 4.51. The molecule has 184 valence electrons. The molecule has 10 heteroatoms. The zero-order valence-electron chi connectivity index (χ0n) is 18.7. The summed E-state index contributed by atoms with van der Waals surface area (Å²) in [5.74, 6) is 0.0229. The standard InChI is InChI=1S/C25H22Br2N2O5.BrH/c1-31-10-11-32-12-13-33-25(30)15-5-3-2-4-14(15)20-16-6-8-18(28)21(26)23(16)34-24-17(20)7-9-19(29)22(24)27;/h2-9,28H,10-13,29H2,1H3;1H/p-1. The molecular formula is C25H22Br3N2O5-. The molecule has 1 aliphatic heterocycles. The number of anilines is 1. The average Bonchev–Trinajstić information content (AvgIpc) is 2.85. The lowest BCUT2D eigenvalue weighted by Crippen LogP contribution is -3.00. The number of carbonyl (C=O) groups excluding carboxylic acids is 1. The number of esters is 1. The van der Waals surface area contributed by atoms with Crippen molar-refractivity contribution in [3.05, 3.63) is 68.4 Å². The molecule has 2 aliphatic rings. The average molecular weight is 670 g/mol. The Kier molecular flexibility index (Phi) is 9.48. The maximum absolute atomic E-state index is 13.0. The molecule has 0 amide bonds. The van der Waals surface area contributed by atoms with Crippen LogP contribution < -0.4 is 28.1 Å². The molecular weight excluding hydrogens is 648 g/mol. The van der Waals surface area contributed by atoms with E-state index in [0.717, 1.165) is 16.5 Å². The van der Waals surface area contributed by atoms with E-state index in [1.165, 1.54) is 0 Å². The Hall–Kier alpha value is -2.24. The van der Waals surface area contributed by atoms with E-state index >= 15 is 0 Å². The molecule has 0 bridgehead atoms. The monoisotopic (exact) mass is 667 g/mol. The van der Waals surface area contributed by atoms with Crippen LogP contribution in [0.15, 0.2) is 61.9 Å². The lowest BCUT2D eigenvalue weighted by molar-refractivity contribution is -0.0000314. The van der Waals surface area contributed by atoms with Gasteiger partial charge in [0.1, 0.15) is 6.61 Å². The summed E-state index contributed by atoms with van der Waals surface area (Å²) in [6, 6.07) is 14.4. The van der Waals surface area contributed by atoms with Crippen LogP contribution in [0.4, 0.5) is 5.69 Å². The molecule has 0 unspecified atom stereocenters. The Morgan fingerprint density at radius 3 is 2.49 bits per heavy atom. The van der Waals surface area contributed by atoms with Crippen molar-refractivity contribution < 1.29 is 40.4 Å². The Balaban J connectivity index is 0.00000342. The van der Waals surface area contributed by atoms with Gasteiger partial charge in [-0.05, 0) is 67.8 Å². The van der Waals surface area contributed by atoms with E-state index < -0.39 is 5.97 Å². The lowest BCUT2D eigenvalue weighted by atomic mass is 9.90. The lowest BCUT2D eigenvalue weighted by Gasteiger charge is -2.19. The molecule has 3 N–H and O–H groups in total. The molecule has 0 saturated heterocycles. The predicted octanol–water partition coefficient (Wildman–Crippen LogP) is 2.62. The number of nitrogens with one attached hydrogen (secondary N) is 1. The number of nitrogen functional groups attached to an aromatic ring is 1. The minimum absolute atomic E-state index is 0. The maximum atomic E-state index is 13.0. The third-order valence-corrected chi connectivity index (χ3v) is 6.88. The number of halogens is 3. The molecule has 2 aromatic carbocycles. The number of hydrogen-bond acceptors (Lipinski definition) is 7. The molecule has 4 rings (SSSR count). The number of ether oxygens (including phenoxy) is 3. The van der Waals surface area contributed by atoms with Crippen LogP contribution in [0.5, 0.6) is 0 Å². The van der Waals surface area contributed by atoms with Crippen molar-refractivity contribution in [1.29, 1.82) is 5.41 Å². The first-order valence-corrected chi connectivity index (χ1v) is 12.0. The first-order chi connectivity index (χ1) is 16.4. The highest BCUT2D eigenvalue weighted by molar-refractivity contribution is 9.11. The van der Waals surface area contributed by atoms with Gasteiger partial charge in [-0.25, -0.2) is 4.79 Å². The summed E-state index contributed by atoms with van der Waals surface area (Å²) in [6.07, 6.45) is 0. The van der Waals surface area contributed by atoms with Gasteiger partial charge in [0.2, 0.25) is 0 Å². The molecule has 35 heavy (non-hydrogen) atoms. The van der Waals surface area contributed by atoms with Crippen LogP contribution in [0, 0.1) is 5.41 Å². The molecule has 0 saturated carbocycles. The number of methoxy groups -OCH3 is 1. The van der Waals surface area contributed by atoms with E-state index in [2.05, 4.69) is 31.9 Å². The van der Waals surface area contributed by atoms with Crippen molar-refractivity contribution >= 4 is 54.5 Å². The largest absolute Gasteiger partial charge is 1.00 e. The highest BCUT2D eigenvalue weighted by Gasteiger charge is 2.25. The normalized spacial score (nSPS) is 10.9. The van der Waals surface area contributed by atoms with Gasteiger partial charge in [-0.2, -0.15) is 0 Å². The quantitative estimate of drug-likeness (QED) is 0.129. The van der Waals surface area contributed by atoms with Crippen LogP contribution in [0.25, 0.3) is 33.4 Å². The summed E-state index contributed by atoms with van der Waals surface area (Å²) < 4.78 is 23.1. The zero-order valence-corrected chi connectivity index (χ0v) is 23.5. The fourth-order valence-electron chi connectivity index (χ4n) is 3.65. The van der Waals surface area contributed by atoms with Crippen LogP contribution in [0.1, 0.15) is 10.4 Å². The van der Waals surface area contributed by atoms with E-state index in [4.69, 9.17) is 29.8 Å². The summed E-state index contributed by atoms with van der Waals surface area (Å²) in [7, 11) is 1.60. The van der Waals surface area contributed by atoms with Gasteiger partial charge in [-0.3, -0.25) is 5.41 Å². The summed E-state index contributed by atoms with van der Waals surface area (Å²) in [5, 5.41) is 9.24. The van der Waals surface area contributed by atoms with Crippen molar-refractivity contribution in [2.75, 3.05) is 39.3 Å². The molecule has 2 aromatic rings. The van der Waals surface area contributed by atoms with Crippen molar-refractivity contribution in [1.82, 2.24) is 0 Å². The van der Waals surface area contributed by atoms with E-state index in [9.17, 15) is 4.79 Å². The third kappa shape index (κ3) is 5.62. The second kappa shape index (κ2) is 12.1. The van der Waals surface area contributed by atoms with E-state index in [-0.39, 0.29) is 35.6 Å². The molecule has 0 fully saturated rings. The Morgan fingerprint density at radius 2 is 1.71 bits per heavy atom. The molecule has 0 atom stereocenters. The Bertz CT molecular complexity index is 1390. The van der Waals surface area contributed by atoms with Gasteiger partial charge in [-0.1, -0.05) is 18.2 Å². The van der Waals surface area contributed by atoms with Gasteiger partial charge in [0.15, 0.2) is 11.3 Å². The fraction of sp³-hybridized carbons (Fsp3) is 0.200. The number of nitrogens with two attached hydrogens (primary N) is 1. The van der Waals surface area contributed by atoms with Crippen molar-refractivity contribution in [3.63, 3.8) is 0 Å². The topological polar surface area (TPSA) is 108 Å². The predicted molar refractivity (Wildman–Crippen MR) is 137 cm³/mol. The summed E-state index contributed by atoms with van der Waals surface area (Å²) in [4.78, 5) is 13.0. The van der Waals surface area contributed by atoms with Crippen molar-refractivity contribution in [2.45, 2.75) is 0 Å². The Morgan fingerprint density at radius 1 is 0.971 bits per heavy atom. The van der Waals surface area contributed by atoms with E-state index in [1.807, 2.05) is 24.3 Å². The van der Waals surface area contributed by atoms with Crippen LogP contribution in [0.2, 0.25) is 0 Å². The molecule has 1 aliphatic carbocycles. The van der Waals surface area contributed by atoms with Gasteiger partial charge in [0.05, 0.1) is 39.7 Å². The highest BCUT2D eigenvalue weighted by atomic mass is 79.9. The minimum atomic E-state index is -0.460. The number of hydrogen-bond donors (Lipinski definition) is 2. The highest BCUT2D eigenvalue weighted by Crippen LogP contribution is 2.45. The molecule has 0 aromatic heterocycles. The van der Waals surface area contributed by atoms with Crippen molar-refractivity contribution in [3.8, 4) is 22.5 Å². The number of fused-ring (bicyclic) bond motifs is 2. The summed E-state index contributed by atoms with van der Waals surface area (Å²) in [6.45, 7) is 1.31. The first-order valence-electron chi connectivity index (χ1n) is 10.4. The molecule has 0 radical (unpaired) electrons. The summed E-state index contributed by atoms with van der Waals surface area (Å²) >= 11 is 7.01. The summed E-state index contributed by atoms with van der Waals surface area (Å²) in [5.41, 5.74) is 9.76. The zero-order chi connectivity index (χ0) is 24.2. The first kappa shape index (κ1) is 27.3. The van der Waals surface area contributed by atoms with Crippen LogP contribution in [-0.4, -0.2) is 39.5 Å². The van der Waals surface area contributed by atoms with Gasteiger partial charge in [0.25, 0.3) is 0 Å². The van der Waals surface area contributed by atoms with Crippen LogP contribution >= 0.6 is 31.9 Å². The van der Waals surface area contributed by atoms with E-state index in [0.29, 0.717) is 50.3 Å².